The molecular weight excluding hydrogens is 350 g/mol. The molecule has 0 aromatic heterocycles. The lowest BCUT2D eigenvalue weighted by atomic mass is 10.0. The van der Waals surface area contributed by atoms with Gasteiger partial charge in [0.15, 0.2) is 0 Å². The van der Waals surface area contributed by atoms with E-state index in [1.165, 1.54) is 6.07 Å². The fourth-order valence-corrected chi connectivity index (χ4v) is 2.89. The molecule has 2 aromatic carbocycles. The third-order valence-electron chi connectivity index (χ3n) is 2.65. The summed E-state index contributed by atoms with van der Waals surface area (Å²) in [6.07, 6.45) is 0. The lowest BCUT2D eigenvalue weighted by Gasteiger charge is -2.13. The standard InChI is InChI=1S/C14H11ClFI/c1-9-8-10(6-7-12(9)16)14(15)11-4-2-3-5-13(11)17/h2-8,14H,1H3. The van der Waals surface area contributed by atoms with Gasteiger partial charge >= 0.3 is 0 Å². The van der Waals surface area contributed by atoms with E-state index < -0.39 is 0 Å². The van der Waals surface area contributed by atoms with Gasteiger partial charge in [-0.25, -0.2) is 4.39 Å². The van der Waals surface area contributed by atoms with Crippen LogP contribution in [-0.4, -0.2) is 0 Å². The van der Waals surface area contributed by atoms with Crippen LogP contribution in [-0.2, 0) is 0 Å². The van der Waals surface area contributed by atoms with Crippen molar-refractivity contribution in [2.45, 2.75) is 12.3 Å². The highest BCUT2D eigenvalue weighted by molar-refractivity contribution is 14.1. The van der Waals surface area contributed by atoms with Crippen molar-refractivity contribution in [3.8, 4) is 0 Å². The van der Waals surface area contributed by atoms with Gasteiger partial charge in [0.05, 0.1) is 5.38 Å². The molecule has 0 amide bonds. The summed E-state index contributed by atoms with van der Waals surface area (Å²) in [4.78, 5) is 0. The third-order valence-corrected chi connectivity index (χ3v) is 4.12. The van der Waals surface area contributed by atoms with Crippen LogP contribution in [0.2, 0.25) is 0 Å². The van der Waals surface area contributed by atoms with E-state index in [9.17, 15) is 4.39 Å². The van der Waals surface area contributed by atoms with Crippen LogP contribution in [0.3, 0.4) is 0 Å². The predicted molar refractivity (Wildman–Crippen MR) is 78.0 cm³/mol. The van der Waals surface area contributed by atoms with Crippen LogP contribution >= 0.6 is 34.2 Å². The van der Waals surface area contributed by atoms with Crippen molar-refractivity contribution >= 4 is 34.2 Å². The normalized spacial score (nSPS) is 12.5. The molecule has 0 aliphatic rings. The van der Waals surface area contributed by atoms with Gasteiger partial charge in [0.25, 0.3) is 0 Å². The molecule has 3 heteroatoms. The van der Waals surface area contributed by atoms with E-state index in [2.05, 4.69) is 22.6 Å². The zero-order valence-corrected chi connectivity index (χ0v) is 12.2. The molecule has 0 aliphatic heterocycles. The lowest BCUT2D eigenvalue weighted by Crippen LogP contribution is -1.97. The van der Waals surface area contributed by atoms with Crippen molar-refractivity contribution in [3.05, 3.63) is 68.5 Å². The Hall–Kier alpha value is -0.610. The molecule has 0 saturated heterocycles. The number of aryl methyl sites for hydroxylation is 1. The highest BCUT2D eigenvalue weighted by Gasteiger charge is 2.14. The van der Waals surface area contributed by atoms with E-state index in [1.807, 2.05) is 24.3 Å². The fraction of sp³-hybridized carbons (Fsp3) is 0.143. The van der Waals surface area contributed by atoms with Gasteiger partial charge in [0.1, 0.15) is 5.82 Å². The van der Waals surface area contributed by atoms with Gasteiger partial charge in [0.2, 0.25) is 0 Å². The Balaban J connectivity index is 2.40. The maximum Gasteiger partial charge on any atom is 0.126 e. The molecule has 1 atom stereocenters. The van der Waals surface area contributed by atoms with E-state index in [0.717, 1.165) is 14.7 Å². The summed E-state index contributed by atoms with van der Waals surface area (Å²) >= 11 is 8.69. The van der Waals surface area contributed by atoms with Crippen LogP contribution in [0.25, 0.3) is 0 Å². The second-order valence-corrected chi connectivity index (χ2v) is 5.49. The monoisotopic (exact) mass is 360 g/mol. The molecule has 2 rings (SSSR count). The van der Waals surface area contributed by atoms with Crippen LogP contribution in [0, 0.1) is 16.3 Å². The van der Waals surface area contributed by atoms with Crippen LogP contribution in [0.1, 0.15) is 22.1 Å². The number of hydrogen-bond donors (Lipinski definition) is 0. The molecule has 0 N–H and O–H groups in total. The van der Waals surface area contributed by atoms with Crippen molar-refractivity contribution < 1.29 is 4.39 Å². The summed E-state index contributed by atoms with van der Waals surface area (Å²) in [5.41, 5.74) is 2.61. The molecule has 17 heavy (non-hydrogen) atoms. The Labute approximate surface area is 119 Å². The Morgan fingerprint density at radius 2 is 1.88 bits per heavy atom. The molecule has 88 valence electrons. The number of alkyl halides is 1. The molecule has 0 spiro atoms. The van der Waals surface area contributed by atoms with Gasteiger partial charge in [-0.1, -0.05) is 30.3 Å². The minimum atomic E-state index is -0.234. The zero-order chi connectivity index (χ0) is 12.4. The van der Waals surface area contributed by atoms with Gasteiger partial charge in [-0.05, 0) is 58.3 Å². The second-order valence-electron chi connectivity index (χ2n) is 3.89. The fourth-order valence-electron chi connectivity index (χ4n) is 1.69. The molecular formula is C14H11ClFI. The smallest absolute Gasteiger partial charge is 0.126 e. The highest BCUT2D eigenvalue weighted by Crippen LogP contribution is 2.32. The number of benzene rings is 2. The SMILES string of the molecule is Cc1cc(C(Cl)c2ccccc2I)ccc1F. The van der Waals surface area contributed by atoms with Crippen molar-refractivity contribution in [1.82, 2.24) is 0 Å². The number of rotatable bonds is 2. The zero-order valence-electron chi connectivity index (χ0n) is 9.25. The Morgan fingerprint density at radius 1 is 1.18 bits per heavy atom. The van der Waals surface area contributed by atoms with E-state index in [0.29, 0.717) is 5.56 Å². The van der Waals surface area contributed by atoms with Gasteiger partial charge < -0.3 is 0 Å². The first kappa shape index (κ1) is 12.8. The van der Waals surface area contributed by atoms with E-state index >= 15 is 0 Å². The summed E-state index contributed by atoms with van der Waals surface area (Å²) in [6, 6.07) is 13.0. The molecule has 0 heterocycles. The summed E-state index contributed by atoms with van der Waals surface area (Å²) < 4.78 is 14.3. The number of hydrogen-bond acceptors (Lipinski definition) is 0. The van der Waals surface area contributed by atoms with Crippen molar-refractivity contribution in [2.75, 3.05) is 0 Å². The molecule has 0 saturated carbocycles. The van der Waals surface area contributed by atoms with Crippen LogP contribution in [0.4, 0.5) is 4.39 Å². The first-order chi connectivity index (χ1) is 8.09. The minimum absolute atomic E-state index is 0.194. The molecule has 0 aliphatic carbocycles. The minimum Gasteiger partial charge on any atom is -0.207 e. The Morgan fingerprint density at radius 3 is 2.53 bits per heavy atom. The van der Waals surface area contributed by atoms with E-state index in [-0.39, 0.29) is 11.2 Å². The second kappa shape index (κ2) is 5.36. The largest absolute Gasteiger partial charge is 0.207 e. The molecule has 0 bridgehead atoms. The average Bonchev–Trinajstić information content (AvgIpc) is 2.32. The highest BCUT2D eigenvalue weighted by atomic mass is 127. The predicted octanol–water partition coefficient (Wildman–Crippen LogP) is 5.07. The van der Waals surface area contributed by atoms with Gasteiger partial charge in [-0.3, -0.25) is 0 Å². The van der Waals surface area contributed by atoms with E-state index in [1.54, 1.807) is 19.1 Å². The summed E-state index contributed by atoms with van der Waals surface area (Å²) in [5.74, 6) is -0.194. The molecule has 1 unspecified atom stereocenters. The number of halogens is 3. The van der Waals surface area contributed by atoms with Crippen molar-refractivity contribution in [2.24, 2.45) is 0 Å². The Bertz CT molecular complexity index is 539. The van der Waals surface area contributed by atoms with Gasteiger partial charge in [-0.15, -0.1) is 11.6 Å². The maximum absolute atomic E-state index is 13.2. The summed E-state index contributed by atoms with van der Waals surface area (Å²) in [5, 5.41) is -0.234. The van der Waals surface area contributed by atoms with Crippen molar-refractivity contribution in [1.29, 1.82) is 0 Å². The van der Waals surface area contributed by atoms with Crippen LogP contribution < -0.4 is 0 Å². The van der Waals surface area contributed by atoms with E-state index in [4.69, 9.17) is 11.6 Å². The Kier molecular flexibility index (Phi) is 4.05. The first-order valence-corrected chi connectivity index (χ1v) is 6.75. The van der Waals surface area contributed by atoms with Crippen molar-refractivity contribution in [3.63, 3.8) is 0 Å². The summed E-state index contributed by atoms with van der Waals surface area (Å²) in [7, 11) is 0. The third kappa shape index (κ3) is 2.80. The first-order valence-electron chi connectivity index (χ1n) is 5.24. The molecule has 0 radical (unpaired) electrons. The summed E-state index contributed by atoms with van der Waals surface area (Å²) in [6.45, 7) is 1.75. The topological polar surface area (TPSA) is 0 Å². The van der Waals surface area contributed by atoms with Gasteiger partial charge in [0, 0.05) is 3.57 Å². The molecule has 2 aromatic rings. The van der Waals surface area contributed by atoms with Crippen LogP contribution in [0.5, 0.6) is 0 Å². The van der Waals surface area contributed by atoms with Crippen LogP contribution in [0.15, 0.2) is 42.5 Å². The maximum atomic E-state index is 13.2. The average molecular weight is 361 g/mol. The lowest BCUT2D eigenvalue weighted by molar-refractivity contribution is 0.617. The molecule has 0 fully saturated rings. The van der Waals surface area contributed by atoms with Gasteiger partial charge in [-0.2, -0.15) is 0 Å². The quantitative estimate of drug-likeness (QED) is 0.518. The molecule has 0 nitrogen and oxygen atoms in total.